The zero-order chi connectivity index (χ0) is 18.1. The molecular formula is C18H18O7. The van der Waals surface area contributed by atoms with Gasteiger partial charge in [-0.3, -0.25) is 4.79 Å². The number of hydrogen-bond donors (Lipinski definition) is 0. The summed E-state index contributed by atoms with van der Waals surface area (Å²) in [5.74, 6) is 0.967. The van der Waals surface area contributed by atoms with E-state index >= 15 is 0 Å². The average Bonchev–Trinajstić information content (AvgIpc) is 2.58. The molecule has 132 valence electrons. The molecule has 0 saturated heterocycles. The molecule has 0 amide bonds. The normalized spacial score (nSPS) is 16.0. The molecule has 1 aromatic carbocycles. The van der Waals surface area contributed by atoms with Gasteiger partial charge in [-0.25, -0.2) is 4.79 Å². The maximum Gasteiger partial charge on any atom is 0.343 e. The van der Waals surface area contributed by atoms with Gasteiger partial charge in [-0.05, 0) is 24.6 Å². The highest BCUT2D eigenvalue weighted by Crippen LogP contribution is 2.44. The van der Waals surface area contributed by atoms with Gasteiger partial charge in [-0.2, -0.15) is 0 Å². The maximum atomic E-state index is 12.4. The highest BCUT2D eigenvalue weighted by molar-refractivity contribution is 5.77. The quantitative estimate of drug-likeness (QED) is 0.786. The van der Waals surface area contributed by atoms with Gasteiger partial charge in [0.1, 0.15) is 11.5 Å². The summed E-state index contributed by atoms with van der Waals surface area (Å²) in [6.07, 6.45) is 0.0134. The van der Waals surface area contributed by atoms with Crippen LogP contribution >= 0.6 is 0 Å². The lowest BCUT2D eigenvalue weighted by atomic mass is 9.87. The lowest BCUT2D eigenvalue weighted by Crippen LogP contribution is -2.26. The number of aryl methyl sites for hydroxylation is 1. The van der Waals surface area contributed by atoms with Crippen molar-refractivity contribution in [2.45, 2.75) is 19.3 Å². The Morgan fingerprint density at radius 1 is 1.00 bits per heavy atom. The predicted molar refractivity (Wildman–Crippen MR) is 87.9 cm³/mol. The molecule has 1 atom stereocenters. The van der Waals surface area contributed by atoms with Crippen molar-refractivity contribution in [3.05, 3.63) is 45.5 Å². The van der Waals surface area contributed by atoms with Crippen LogP contribution in [0.3, 0.4) is 0 Å². The van der Waals surface area contributed by atoms with Crippen LogP contribution in [0.25, 0.3) is 0 Å². The van der Waals surface area contributed by atoms with Gasteiger partial charge < -0.3 is 23.4 Å². The topological polar surface area (TPSA) is 84.2 Å². The first kappa shape index (κ1) is 16.9. The Kier molecular flexibility index (Phi) is 4.39. The molecule has 7 heteroatoms. The second kappa shape index (κ2) is 6.51. The van der Waals surface area contributed by atoms with Gasteiger partial charge in [0.15, 0.2) is 11.5 Å². The number of esters is 1. The van der Waals surface area contributed by atoms with Gasteiger partial charge in [0.2, 0.25) is 5.75 Å². The Balaban J connectivity index is 2.21. The van der Waals surface area contributed by atoms with Crippen molar-refractivity contribution in [3.8, 4) is 23.0 Å². The number of methoxy groups -OCH3 is 3. The molecule has 0 spiro atoms. The minimum absolute atomic E-state index is 0.0134. The lowest BCUT2D eigenvalue weighted by Gasteiger charge is -2.24. The second-order valence-corrected chi connectivity index (χ2v) is 5.61. The maximum absolute atomic E-state index is 12.4. The number of carbonyl (C=O) groups is 1. The predicted octanol–water partition coefficient (Wildman–Crippen LogP) is 2.42. The number of fused-ring (bicyclic) bond motifs is 1. The van der Waals surface area contributed by atoms with E-state index in [4.69, 9.17) is 23.4 Å². The first-order chi connectivity index (χ1) is 12.0. The first-order valence-corrected chi connectivity index (χ1v) is 7.63. The summed E-state index contributed by atoms with van der Waals surface area (Å²) in [6, 6.07) is 4.97. The zero-order valence-corrected chi connectivity index (χ0v) is 14.4. The van der Waals surface area contributed by atoms with Crippen LogP contribution in [0.2, 0.25) is 0 Å². The molecule has 0 radical (unpaired) electrons. The highest BCUT2D eigenvalue weighted by atomic mass is 16.5. The molecule has 0 unspecified atom stereocenters. The fourth-order valence-electron chi connectivity index (χ4n) is 3.01. The number of carbonyl (C=O) groups excluding carboxylic acids is 1. The number of hydrogen-bond acceptors (Lipinski definition) is 7. The fourth-order valence-corrected chi connectivity index (χ4v) is 3.01. The Morgan fingerprint density at radius 3 is 2.20 bits per heavy atom. The summed E-state index contributed by atoms with van der Waals surface area (Å²) in [4.78, 5) is 24.4. The van der Waals surface area contributed by atoms with Gasteiger partial charge in [0.05, 0.1) is 33.3 Å². The van der Waals surface area contributed by atoms with Crippen LogP contribution in [0.4, 0.5) is 0 Å². The van der Waals surface area contributed by atoms with Gasteiger partial charge in [0.25, 0.3) is 0 Å². The van der Waals surface area contributed by atoms with Crippen molar-refractivity contribution >= 4 is 5.97 Å². The molecule has 25 heavy (non-hydrogen) atoms. The standard InChI is InChI=1S/C18H18O7/c1-9-5-12-16(18(20)24-9)11(8-15(19)25-12)10-6-13(21-2)17(23-4)14(7-10)22-3/h5-7,11H,8H2,1-4H3/t11-/m0/s1. The average molecular weight is 346 g/mol. The third kappa shape index (κ3) is 2.93. The van der Waals surface area contributed by atoms with Crippen molar-refractivity contribution in [1.82, 2.24) is 0 Å². The lowest BCUT2D eigenvalue weighted by molar-refractivity contribution is -0.135. The van der Waals surface area contributed by atoms with Crippen LogP contribution < -0.4 is 24.6 Å². The molecule has 7 nitrogen and oxygen atoms in total. The summed E-state index contributed by atoms with van der Waals surface area (Å²) >= 11 is 0. The molecule has 0 fully saturated rings. The molecule has 3 rings (SSSR count). The van der Waals surface area contributed by atoms with Crippen molar-refractivity contribution in [2.75, 3.05) is 21.3 Å². The van der Waals surface area contributed by atoms with Crippen LogP contribution in [-0.2, 0) is 4.79 Å². The molecule has 0 N–H and O–H groups in total. The minimum Gasteiger partial charge on any atom is -0.493 e. The number of rotatable bonds is 4. The van der Waals surface area contributed by atoms with E-state index in [1.54, 1.807) is 25.1 Å². The van der Waals surface area contributed by atoms with Gasteiger partial charge in [0, 0.05) is 12.0 Å². The van der Waals surface area contributed by atoms with E-state index in [0.717, 1.165) is 0 Å². The van der Waals surface area contributed by atoms with Crippen molar-refractivity contribution in [2.24, 2.45) is 0 Å². The minimum atomic E-state index is -0.527. The second-order valence-electron chi connectivity index (χ2n) is 5.61. The third-order valence-electron chi connectivity index (χ3n) is 4.11. The van der Waals surface area contributed by atoms with Crippen LogP contribution in [0.15, 0.2) is 27.4 Å². The van der Waals surface area contributed by atoms with Crippen molar-refractivity contribution < 1.29 is 28.2 Å². The summed E-state index contributed by atoms with van der Waals surface area (Å²) in [5, 5.41) is 0. The van der Waals surface area contributed by atoms with E-state index in [9.17, 15) is 9.59 Å². The summed E-state index contributed by atoms with van der Waals surface area (Å²) in [6.45, 7) is 1.62. The van der Waals surface area contributed by atoms with Crippen LogP contribution in [0.5, 0.6) is 23.0 Å². The Hall–Kier alpha value is -2.96. The van der Waals surface area contributed by atoms with Crippen LogP contribution in [0.1, 0.15) is 29.2 Å². The summed E-state index contributed by atoms with van der Waals surface area (Å²) in [7, 11) is 4.51. The van der Waals surface area contributed by atoms with Gasteiger partial charge in [-0.1, -0.05) is 0 Å². The first-order valence-electron chi connectivity index (χ1n) is 7.63. The molecular weight excluding hydrogens is 328 g/mol. The third-order valence-corrected chi connectivity index (χ3v) is 4.11. The van der Waals surface area contributed by atoms with Crippen molar-refractivity contribution in [1.29, 1.82) is 0 Å². The largest absolute Gasteiger partial charge is 0.493 e. The van der Waals surface area contributed by atoms with E-state index < -0.39 is 17.5 Å². The monoisotopic (exact) mass is 346 g/mol. The smallest absolute Gasteiger partial charge is 0.343 e. The van der Waals surface area contributed by atoms with Gasteiger partial charge in [-0.15, -0.1) is 0 Å². The fraction of sp³-hybridized carbons (Fsp3) is 0.333. The van der Waals surface area contributed by atoms with E-state index in [1.807, 2.05) is 0 Å². The molecule has 1 aliphatic rings. The molecule has 1 aromatic heterocycles. The molecule has 1 aliphatic heterocycles. The molecule has 0 aliphatic carbocycles. The van der Waals surface area contributed by atoms with Gasteiger partial charge >= 0.3 is 11.6 Å². The van der Waals surface area contributed by atoms with E-state index in [2.05, 4.69) is 0 Å². The number of ether oxygens (including phenoxy) is 4. The zero-order valence-electron chi connectivity index (χ0n) is 14.4. The molecule has 2 heterocycles. The van der Waals surface area contributed by atoms with Crippen molar-refractivity contribution in [3.63, 3.8) is 0 Å². The Labute approximate surface area is 144 Å². The molecule has 2 aromatic rings. The van der Waals surface area contributed by atoms with Crippen LogP contribution in [0, 0.1) is 6.92 Å². The highest BCUT2D eigenvalue weighted by Gasteiger charge is 2.33. The summed E-state index contributed by atoms with van der Waals surface area (Å²) in [5.41, 5.74) is 0.448. The van der Waals surface area contributed by atoms with E-state index in [1.165, 1.54) is 21.3 Å². The Morgan fingerprint density at radius 2 is 1.64 bits per heavy atom. The van der Waals surface area contributed by atoms with Crippen LogP contribution in [-0.4, -0.2) is 27.3 Å². The number of benzene rings is 1. The Bertz CT molecular complexity index is 856. The van der Waals surface area contributed by atoms with E-state index in [0.29, 0.717) is 34.1 Å². The molecule has 0 bridgehead atoms. The SMILES string of the molecule is COc1cc([C@@H]2CC(=O)Oc3cc(C)oc(=O)c32)cc(OC)c1OC. The van der Waals surface area contributed by atoms with E-state index in [-0.39, 0.29) is 12.2 Å². The summed E-state index contributed by atoms with van der Waals surface area (Å²) < 4.78 is 26.4. The molecule has 0 saturated carbocycles.